The Morgan fingerprint density at radius 1 is 0.941 bits per heavy atom. The van der Waals surface area contributed by atoms with E-state index in [1.54, 1.807) is 22.5 Å². The van der Waals surface area contributed by atoms with Crippen molar-refractivity contribution in [2.75, 3.05) is 24.5 Å². The molecule has 1 aliphatic carbocycles. The molecule has 0 radical (unpaired) electrons. The van der Waals surface area contributed by atoms with E-state index in [0.717, 1.165) is 49.7 Å². The molecule has 0 bridgehead atoms. The average molecular weight is 482 g/mol. The lowest BCUT2D eigenvalue weighted by Crippen LogP contribution is -2.44. The standard InChI is InChI=1S/C26H31N3O4S/c30-25(27-23-10-6-8-19-7-2-3-9-22(19)23)18-29-24-13-12-21(17-20(24)11-14-26(29)31)34(32,33)28-15-4-1-5-16-28/h2-3,7,9,12-13,17,23H,1,4-6,8,10-11,14-16,18H2,(H,27,30). The highest BCUT2D eigenvalue weighted by atomic mass is 32.2. The average Bonchev–Trinajstić information content (AvgIpc) is 2.86. The van der Waals surface area contributed by atoms with E-state index in [9.17, 15) is 18.0 Å². The molecule has 3 aliphatic rings. The molecule has 2 amide bonds. The summed E-state index contributed by atoms with van der Waals surface area (Å²) in [5.74, 6) is -0.314. The first-order valence-electron chi connectivity index (χ1n) is 12.2. The zero-order valence-corrected chi connectivity index (χ0v) is 20.1. The zero-order valence-electron chi connectivity index (χ0n) is 19.3. The van der Waals surface area contributed by atoms with Crippen LogP contribution >= 0.6 is 0 Å². The summed E-state index contributed by atoms with van der Waals surface area (Å²) in [6.07, 6.45) is 6.48. The number of sulfonamides is 1. The normalized spacial score (nSPS) is 21.0. The van der Waals surface area contributed by atoms with Crippen LogP contribution in [0.2, 0.25) is 0 Å². The molecular weight excluding hydrogens is 450 g/mol. The lowest BCUT2D eigenvalue weighted by molar-refractivity contribution is -0.124. The molecule has 180 valence electrons. The first-order valence-corrected chi connectivity index (χ1v) is 13.7. The van der Waals surface area contributed by atoms with E-state index in [-0.39, 0.29) is 35.7 Å². The number of rotatable bonds is 5. The number of nitrogens with one attached hydrogen (secondary N) is 1. The molecule has 0 saturated carbocycles. The van der Waals surface area contributed by atoms with Crippen LogP contribution in [-0.4, -0.2) is 44.2 Å². The van der Waals surface area contributed by atoms with Crippen LogP contribution < -0.4 is 10.2 Å². The molecule has 1 atom stereocenters. The van der Waals surface area contributed by atoms with Crippen molar-refractivity contribution >= 4 is 27.5 Å². The summed E-state index contributed by atoms with van der Waals surface area (Å²) in [6, 6.07) is 13.1. The molecule has 2 aromatic carbocycles. The quantitative estimate of drug-likeness (QED) is 0.710. The summed E-state index contributed by atoms with van der Waals surface area (Å²) in [6.45, 7) is 1.03. The van der Waals surface area contributed by atoms with Crippen LogP contribution in [0, 0.1) is 0 Å². The lowest BCUT2D eigenvalue weighted by Gasteiger charge is -2.32. The number of anilines is 1. The van der Waals surface area contributed by atoms with Gasteiger partial charge in [-0.2, -0.15) is 4.31 Å². The summed E-state index contributed by atoms with van der Waals surface area (Å²) in [5, 5.41) is 3.12. The van der Waals surface area contributed by atoms with Gasteiger partial charge in [-0.3, -0.25) is 9.59 Å². The number of carbonyl (C=O) groups excluding carboxylic acids is 2. The summed E-state index contributed by atoms with van der Waals surface area (Å²) >= 11 is 0. The molecule has 1 N–H and O–H groups in total. The van der Waals surface area contributed by atoms with Crippen molar-refractivity contribution in [2.45, 2.75) is 62.3 Å². The van der Waals surface area contributed by atoms with Crippen molar-refractivity contribution in [1.82, 2.24) is 9.62 Å². The first kappa shape index (κ1) is 23.1. The lowest BCUT2D eigenvalue weighted by atomic mass is 9.88. The third-order valence-electron chi connectivity index (χ3n) is 7.21. The molecule has 7 nitrogen and oxygen atoms in total. The van der Waals surface area contributed by atoms with Crippen LogP contribution in [-0.2, 0) is 32.5 Å². The van der Waals surface area contributed by atoms with Gasteiger partial charge < -0.3 is 10.2 Å². The Hall–Kier alpha value is -2.71. The van der Waals surface area contributed by atoms with E-state index < -0.39 is 10.0 Å². The molecule has 0 spiro atoms. The number of carbonyl (C=O) groups is 2. The fraction of sp³-hybridized carbons (Fsp3) is 0.462. The number of hydrogen-bond donors (Lipinski definition) is 1. The molecule has 2 aliphatic heterocycles. The maximum Gasteiger partial charge on any atom is 0.243 e. The monoisotopic (exact) mass is 481 g/mol. The second-order valence-electron chi connectivity index (χ2n) is 9.45. The Morgan fingerprint density at radius 3 is 2.56 bits per heavy atom. The van der Waals surface area contributed by atoms with Crippen molar-refractivity contribution in [2.24, 2.45) is 0 Å². The van der Waals surface area contributed by atoms with Gasteiger partial charge in [-0.25, -0.2) is 8.42 Å². The number of nitrogens with zero attached hydrogens (tertiary/aromatic N) is 2. The SMILES string of the molecule is O=C(CN1C(=O)CCc2cc(S(=O)(=O)N3CCCCC3)ccc21)NC1CCCc2ccccc21. The summed E-state index contributed by atoms with van der Waals surface area (Å²) in [7, 11) is -3.55. The van der Waals surface area contributed by atoms with Gasteiger partial charge in [0.2, 0.25) is 21.8 Å². The maximum absolute atomic E-state index is 13.1. The van der Waals surface area contributed by atoms with E-state index in [1.807, 2.05) is 12.1 Å². The number of amides is 2. The van der Waals surface area contributed by atoms with Crippen molar-refractivity contribution in [3.8, 4) is 0 Å². The molecule has 1 unspecified atom stereocenters. The predicted molar refractivity (Wildman–Crippen MR) is 130 cm³/mol. The topological polar surface area (TPSA) is 86.8 Å². The molecule has 8 heteroatoms. The summed E-state index contributed by atoms with van der Waals surface area (Å²) in [5.41, 5.74) is 3.85. The van der Waals surface area contributed by atoms with E-state index >= 15 is 0 Å². The highest BCUT2D eigenvalue weighted by Crippen LogP contribution is 2.32. The van der Waals surface area contributed by atoms with Gasteiger partial charge in [0, 0.05) is 25.2 Å². The highest BCUT2D eigenvalue weighted by Gasteiger charge is 2.31. The third kappa shape index (κ3) is 4.49. The molecule has 2 aromatic rings. The van der Waals surface area contributed by atoms with Crippen LogP contribution in [0.25, 0.3) is 0 Å². The maximum atomic E-state index is 13.1. The fourth-order valence-electron chi connectivity index (χ4n) is 5.41. The number of benzene rings is 2. The fourth-order valence-corrected chi connectivity index (χ4v) is 6.98. The van der Waals surface area contributed by atoms with Gasteiger partial charge >= 0.3 is 0 Å². The Balaban J connectivity index is 1.33. The van der Waals surface area contributed by atoms with Gasteiger partial charge in [-0.05, 0) is 73.4 Å². The molecule has 2 heterocycles. The van der Waals surface area contributed by atoms with Crippen LogP contribution in [0.5, 0.6) is 0 Å². The van der Waals surface area contributed by atoms with E-state index in [1.165, 1.54) is 10.5 Å². The van der Waals surface area contributed by atoms with E-state index in [0.29, 0.717) is 25.2 Å². The van der Waals surface area contributed by atoms with Crippen molar-refractivity contribution < 1.29 is 18.0 Å². The van der Waals surface area contributed by atoms with Gasteiger partial charge in [-0.1, -0.05) is 30.7 Å². The Labute approximate surface area is 201 Å². The second kappa shape index (κ2) is 9.50. The number of hydrogen-bond acceptors (Lipinski definition) is 4. The van der Waals surface area contributed by atoms with Gasteiger partial charge in [0.05, 0.1) is 10.9 Å². The number of aryl methyl sites for hydroxylation is 2. The van der Waals surface area contributed by atoms with Crippen LogP contribution in [0.1, 0.15) is 61.3 Å². The van der Waals surface area contributed by atoms with Crippen molar-refractivity contribution in [3.05, 3.63) is 59.2 Å². The molecule has 1 fully saturated rings. The van der Waals surface area contributed by atoms with Crippen molar-refractivity contribution in [1.29, 1.82) is 0 Å². The predicted octanol–water partition coefficient (Wildman–Crippen LogP) is 3.33. The minimum absolute atomic E-state index is 0.0473. The number of fused-ring (bicyclic) bond motifs is 2. The molecule has 5 rings (SSSR count). The van der Waals surface area contributed by atoms with Gasteiger partial charge in [0.1, 0.15) is 6.54 Å². The first-order chi connectivity index (χ1) is 16.4. The molecule has 0 aromatic heterocycles. The third-order valence-corrected chi connectivity index (χ3v) is 9.10. The van der Waals surface area contributed by atoms with Gasteiger partial charge in [0.15, 0.2) is 0 Å². The van der Waals surface area contributed by atoms with E-state index in [4.69, 9.17) is 0 Å². The summed E-state index contributed by atoms with van der Waals surface area (Å²) < 4.78 is 27.8. The Bertz CT molecular complexity index is 1200. The van der Waals surface area contributed by atoms with Crippen molar-refractivity contribution in [3.63, 3.8) is 0 Å². The molecule has 34 heavy (non-hydrogen) atoms. The minimum Gasteiger partial charge on any atom is -0.348 e. The van der Waals surface area contributed by atoms with Crippen LogP contribution in [0.4, 0.5) is 5.69 Å². The van der Waals surface area contributed by atoms with Crippen LogP contribution in [0.3, 0.4) is 0 Å². The van der Waals surface area contributed by atoms with Gasteiger partial charge in [0.25, 0.3) is 0 Å². The number of piperidine rings is 1. The Morgan fingerprint density at radius 2 is 1.74 bits per heavy atom. The smallest absolute Gasteiger partial charge is 0.243 e. The second-order valence-corrected chi connectivity index (χ2v) is 11.4. The largest absolute Gasteiger partial charge is 0.348 e. The molecular formula is C26H31N3O4S. The van der Waals surface area contributed by atoms with Gasteiger partial charge in [-0.15, -0.1) is 0 Å². The minimum atomic E-state index is -3.55. The zero-order chi connectivity index (χ0) is 23.7. The highest BCUT2D eigenvalue weighted by molar-refractivity contribution is 7.89. The van der Waals surface area contributed by atoms with E-state index in [2.05, 4.69) is 17.4 Å². The molecule has 1 saturated heterocycles. The summed E-state index contributed by atoms with van der Waals surface area (Å²) in [4.78, 5) is 27.5. The Kier molecular flexibility index (Phi) is 6.44. The van der Waals surface area contributed by atoms with Crippen LogP contribution in [0.15, 0.2) is 47.4 Å².